The van der Waals surface area contributed by atoms with E-state index >= 15 is 0 Å². The van der Waals surface area contributed by atoms with Crippen molar-refractivity contribution < 1.29 is 9.13 Å². The molecule has 0 radical (unpaired) electrons. The van der Waals surface area contributed by atoms with E-state index in [-0.39, 0.29) is 18.2 Å². The number of fused-ring (bicyclic) bond motifs is 3. The van der Waals surface area contributed by atoms with Gasteiger partial charge in [-0.15, -0.1) is 0 Å². The van der Waals surface area contributed by atoms with Gasteiger partial charge in [0.15, 0.2) is 11.2 Å². The van der Waals surface area contributed by atoms with Crippen LogP contribution in [0.15, 0.2) is 33.9 Å². The Balaban J connectivity index is 1.75. The molecule has 1 saturated heterocycles. The van der Waals surface area contributed by atoms with Crippen LogP contribution in [0.2, 0.25) is 0 Å². The second kappa shape index (κ2) is 7.19. The van der Waals surface area contributed by atoms with Crippen molar-refractivity contribution >= 4 is 16.9 Å². The molecule has 0 saturated carbocycles. The van der Waals surface area contributed by atoms with E-state index in [1.807, 2.05) is 13.8 Å². The average molecular weight is 425 g/mol. The van der Waals surface area contributed by atoms with Gasteiger partial charge in [0.25, 0.3) is 5.56 Å². The van der Waals surface area contributed by atoms with Crippen LogP contribution in [0.25, 0.3) is 16.9 Å². The summed E-state index contributed by atoms with van der Waals surface area (Å²) < 4.78 is 26.3. The van der Waals surface area contributed by atoms with E-state index in [1.54, 1.807) is 29.6 Å². The molecule has 4 heterocycles. The van der Waals surface area contributed by atoms with E-state index in [0.29, 0.717) is 23.5 Å². The van der Waals surface area contributed by atoms with Crippen LogP contribution in [0, 0.1) is 19.7 Å². The van der Waals surface area contributed by atoms with Gasteiger partial charge in [0, 0.05) is 30.6 Å². The predicted octanol–water partition coefficient (Wildman–Crippen LogP) is 2.13. The maximum atomic E-state index is 14.2. The zero-order chi connectivity index (χ0) is 21.9. The quantitative estimate of drug-likeness (QED) is 0.502. The fourth-order valence-corrected chi connectivity index (χ4v) is 4.46. The standard InChI is InChI=1S/C22H24FN5O3/c1-13-14(2)28-18-19(24-21(28)26(13)12-16-8-6-10-31-16)25(3)22(30)27(20(18)29)11-15-7-4-5-9-17(15)23/h4-5,7,9,16H,6,8,10-12H2,1-3H3/t16-/m0/s1. The van der Waals surface area contributed by atoms with Crippen molar-refractivity contribution in [3.05, 3.63) is 67.9 Å². The molecule has 162 valence electrons. The molecule has 8 nitrogen and oxygen atoms in total. The van der Waals surface area contributed by atoms with Crippen LogP contribution in [0.3, 0.4) is 0 Å². The zero-order valence-corrected chi connectivity index (χ0v) is 17.8. The van der Waals surface area contributed by atoms with Gasteiger partial charge in [-0.1, -0.05) is 18.2 Å². The first-order chi connectivity index (χ1) is 14.9. The van der Waals surface area contributed by atoms with Gasteiger partial charge in [0.2, 0.25) is 5.78 Å². The Labute approximate surface area is 177 Å². The third kappa shape index (κ3) is 2.95. The molecule has 0 aliphatic carbocycles. The van der Waals surface area contributed by atoms with E-state index < -0.39 is 17.1 Å². The molecule has 0 amide bonds. The molecule has 1 aliphatic rings. The Kier molecular flexibility index (Phi) is 4.58. The highest BCUT2D eigenvalue weighted by Crippen LogP contribution is 2.23. The topological polar surface area (TPSA) is 75.5 Å². The molecule has 0 bridgehead atoms. The molecule has 0 N–H and O–H groups in total. The number of ether oxygens (including phenoxy) is 1. The van der Waals surface area contributed by atoms with Crippen molar-refractivity contribution in [2.75, 3.05) is 6.61 Å². The summed E-state index contributed by atoms with van der Waals surface area (Å²) in [6, 6.07) is 6.15. The summed E-state index contributed by atoms with van der Waals surface area (Å²) in [4.78, 5) is 31.1. The summed E-state index contributed by atoms with van der Waals surface area (Å²) in [6.45, 7) is 5.18. The summed E-state index contributed by atoms with van der Waals surface area (Å²) in [6.07, 6.45) is 2.12. The number of aryl methyl sites for hydroxylation is 2. The molecule has 3 aromatic heterocycles. The average Bonchev–Trinajstić information content (AvgIpc) is 3.46. The fraction of sp³-hybridized carbons (Fsp3) is 0.409. The van der Waals surface area contributed by atoms with Gasteiger partial charge in [0.1, 0.15) is 5.82 Å². The van der Waals surface area contributed by atoms with Gasteiger partial charge in [0.05, 0.1) is 19.2 Å². The highest BCUT2D eigenvalue weighted by molar-refractivity contribution is 5.76. The first-order valence-corrected chi connectivity index (χ1v) is 10.4. The number of halogens is 1. The van der Waals surface area contributed by atoms with Crippen LogP contribution in [-0.2, 0) is 24.9 Å². The Bertz CT molecular complexity index is 1440. The van der Waals surface area contributed by atoms with E-state index in [9.17, 15) is 14.0 Å². The van der Waals surface area contributed by atoms with Gasteiger partial charge in [-0.25, -0.2) is 9.18 Å². The molecule has 0 spiro atoms. The van der Waals surface area contributed by atoms with Crippen LogP contribution < -0.4 is 11.2 Å². The molecule has 1 aliphatic heterocycles. The number of benzene rings is 1. The van der Waals surface area contributed by atoms with E-state index in [2.05, 4.69) is 9.55 Å². The van der Waals surface area contributed by atoms with Crippen molar-refractivity contribution in [1.82, 2.24) is 23.1 Å². The number of hydrogen-bond acceptors (Lipinski definition) is 4. The summed E-state index contributed by atoms with van der Waals surface area (Å²) in [5.74, 6) is 0.154. The molecule has 0 unspecified atom stereocenters. The maximum absolute atomic E-state index is 14.2. The Hall–Kier alpha value is -3.20. The molecule has 31 heavy (non-hydrogen) atoms. The van der Waals surface area contributed by atoms with E-state index in [4.69, 9.17) is 4.74 Å². The Morgan fingerprint density at radius 1 is 1.16 bits per heavy atom. The molecule has 5 rings (SSSR count). The van der Waals surface area contributed by atoms with Crippen molar-refractivity contribution in [1.29, 1.82) is 0 Å². The first-order valence-electron chi connectivity index (χ1n) is 10.4. The molecule has 1 fully saturated rings. The molecule has 4 aromatic rings. The molecule has 9 heteroatoms. The third-order valence-corrected chi connectivity index (χ3v) is 6.33. The normalized spacial score (nSPS) is 16.7. The zero-order valence-electron chi connectivity index (χ0n) is 17.8. The van der Waals surface area contributed by atoms with Crippen LogP contribution in [0.1, 0.15) is 29.8 Å². The van der Waals surface area contributed by atoms with Gasteiger partial charge in [-0.05, 0) is 32.8 Å². The van der Waals surface area contributed by atoms with Crippen LogP contribution in [0.5, 0.6) is 0 Å². The largest absolute Gasteiger partial charge is 0.376 e. The van der Waals surface area contributed by atoms with Gasteiger partial charge < -0.3 is 9.30 Å². The summed E-state index contributed by atoms with van der Waals surface area (Å²) in [5.41, 5.74) is 1.79. The molecular weight excluding hydrogens is 401 g/mol. The number of rotatable bonds is 4. The summed E-state index contributed by atoms with van der Waals surface area (Å²) >= 11 is 0. The van der Waals surface area contributed by atoms with Gasteiger partial charge >= 0.3 is 5.69 Å². The lowest BCUT2D eigenvalue weighted by atomic mass is 10.2. The van der Waals surface area contributed by atoms with Crippen LogP contribution >= 0.6 is 0 Å². The summed E-state index contributed by atoms with van der Waals surface area (Å²) in [7, 11) is 1.58. The van der Waals surface area contributed by atoms with Crippen molar-refractivity contribution in [2.24, 2.45) is 7.05 Å². The SMILES string of the molecule is Cc1c(C)n2c3c(=O)n(Cc4ccccc4F)c(=O)n(C)c3nc2n1C[C@@H]1CCCO1. The van der Waals surface area contributed by atoms with Gasteiger partial charge in [-0.2, -0.15) is 4.98 Å². The first kappa shape index (κ1) is 19.7. The van der Waals surface area contributed by atoms with Crippen LogP contribution in [-0.4, -0.2) is 35.8 Å². The van der Waals surface area contributed by atoms with E-state index in [1.165, 1.54) is 10.6 Å². The second-order valence-corrected chi connectivity index (χ2v) is 8.16. The second-order valence-electron chi connectivity index (χ2n) is 8.16. The van der Waals surface area contributed by atoms with Crippen molar-refractivity contribution in [2.45, 2.75) is 45.9 Å². The molecular formula is C22H24FN5O3. The summed E-state index contributed by atoms with van der Waals surface area (Å²) in [5, 5.41) is 0. The Morgan fingerprint density at radius 2 is 1.94 bits per heavy atom. The highest BCUT2D eigenvalue weighted by Gasteiger charge is 2.25. The number of nitrogens with zero attached hydrogens (tertiary/aromatic N) is 5. The Morgan fingerprint density at radius 3 is 2.65 bits per heavy atom. The number of aromatic nitrogens is 5. The smallest absolute Gasteiger partial charge is 0.332 e. The monoisotopic (exact) mass is 425 g/mol. The number of imidazole rings is 2. The van der Waals surface area contributed by atoms with Crippen LogP contribution in [0.4, 0.5) is 4.39 Å². The minimum atomic E-state index is -0.526. The van der Waals surface area contributed by atoms with Crippen molar-refractivity contribution in [3.63, 3.8) is 0 Å². The number of hydrogen-bond donors (Lipinski definition) is 0. The molecule has 1 aromatic carbocycles. The lowest BCUT2D eigenvalue weighted by Crippen LogP contribution is -2.39. The minimum absolute atomic E-state index is 0.107. The minimum Gasteiger partial charge on any atom is -0.376 e. The van der Waals surface area contributed by atoms with E-state index in [0.717, 1.165) is 35.4 Å². The predicted molar refractivity (Wildman–Crippen MR) is 114 cm³/mol. The maximum Gasteiger partial charge on any atom is 0.332 e. The van der Waals surface area contributed by atoms with Crippen molar-refractivity contribution in [3.8, 4) is 0 Å². The lowest BCUT2D eigenvalue weighted by molar-refractivity contribution is 0.0974. The highest BCUT2D eigenvalue weighted by atomic mass is 19.1. The van der Waals surface area contributed by atoms with Gasteiger partial charge in [-0.3, -0.25) is 18.3 Å². The third-order valence-electron chi connectivity index (χ3n) is 6.33. The fourth-order valence-electron chi connectivity index (χ4n) is 4.46. The lowest BCUT2D eigenvalue weighted by Gasteiger charge is -2.12. The molecule has 1 atom stereocenters.